The number of unbranched alkanes of at least 4 members (excludes halogenated alkanes) is 2. The number of carbonyl (C=O) groups excluding carboxylic acids is 16. The van der Waals surface area contributed by atoms with E-state index in [1.165, 1.54) is 64.4 Å². The first-order valence-corrected chi connectivity index (χ1v) is 51.5. The molecule has 2 saturated heterocycles. The van der Waals surface area contributed by atoms with Crippen molar-refractivity contribution < 1.29 is 110 Å². The van der Waals surface area contributed by atoms with Gasteiger partial charge in [0.15, 0.2) is 0 Å². The Kier molecular flexibility index (Phi) is 56.1. The molecule has 3 aliphatic heterocycles. The molecule has 12 N–H and O–H groups in total. The number of carboxylic acids is 1. The number of primary amides is 1. The van der Waals surface area contributed by atoms with Crippen LogP contribution in [0.2, 0.25) is 0 Å². The molecule has 2 aromatic carbocycles. The zero-order valence-electron chi connectivity index (χ0n) is 91.2. The number of urea groups is 1. The van der Waals surface area contributed by atoms with Gasteiger partial charge in [-0.1, -0.05) is 191 Å². The fourth-order valence-corrected chi connectivity index (χ4v) is 19.1. The number of nitrogens with zero attached hydrogens (tertiary/aromatic N) is 6. The third-order valence-electron chi connectivity index (χ3n) is 27.7. The van der Waals surface area contributed by atoms with Gasteiger partial charge in [-0.15, -0.1) is 0 Å². The third-order valence-corrected chi connectivity index (χ3v) is 27.7. The first-order chi connectivity index (χ1) is 68.4. The minimum atomic E-state index is -1.27. The number of imide groups is 1. The topological polar surface area (TPSA) is 510 Å². The van der Waals surface area contributed by atoms with E-state index in [0.717, 1.165) is 41.4 Å². The Bertz CT molecular complexity index is 4490. The predicted molar refractivity (Wildman–Crippen MR) is 551 cm³/mol. The van der Waals surface area contributed by atoms with Gasteiger partial charge in [-0.05, 0) is 124 Å². The zero-order chi connectivity index (χ0) is 110. The van der Waals surface area contributed by atoms with Crippen molar-refractivity contribution in [2.75, 3.05) is 96.2 Å². The molecular formula is C104H172N16O23S. The summed E-state index contributed by atoms with van der Waals surface area (Å²) < 4.78 is 35.0. The molecule has 0 saturated carbocycles. The lowest BCUT2D eigenvalue weighted by Crippen LogP contribution is -2.61. The molecule has 39 nitrogen and oxygen atoms in total. The maximum absolute atomic E-state index is 14.9. The van der Waals surface area contributed by atoms with Crippen LogP contribution >= 0.6 is 12.5 Å². The van der Waals surface area contributed by atoms with Crippen molar-refractivity contribution in [2.45, 2.75) is 323 Å². The minimum Gasteiger partial charge on any atom is -0.480 e. The number of hydrogen-bond donors (Lipinski definition) is 12. The van der Waals surface area contributed by atoms with Crippen molar-refractivity contribution in [3.63, 3.8) is 0 Å². The summed E-state index contributed by atoms with van der Waals surface area (Å²) in [4.78, 5) is 237. The van der Waals surface area contributed by atoms with Crippen LogP contribution in [-0.2, 0) is 113 Å². The van der Waals surface area contributed by atoms with E-state index in [9.17, 15) is 86.6 Å². The van der Waals surface area contributed by atoms with Crippen LogP contribution in [-0.4, -0.2) is 335 Å². The quantitative estimate of drug-likeness (QED) is 0.0153. The summed E-state index contributed by atoms with van der Waals surface area (Å²) in [5.41, 5.74) is 6.87. The summed E-state index contributed by atoms with van der Waals surface area (Å²) in [5, 5.41) is 35.0. The van der Waals surface area contributed by atoms with E-state index >= 15 is 0 Å². The number of methoxy groups -OCH3 is 5. The van der Waals surface area contributed by atoms with Crippen LogP contribution in [0.3, 0.4) is 0 Å². The van der Waals surface area contributed by atoms with Gasteiger partial charge >= 0.3 is 18.0 Å². The highest BCUT2D eigenvalue weighted by molar-refractivity contribution is 7.79. The lowest BCUT2D eigenvalue weighted by atomic mass is 9.89. The van der Waals surface area contributed by atoms with Gasteiger partial charge in [0.25, 0.3) is 11.8 Å². The molecule has 3 aliphatic rings. The van der Waals surface area contributed by atoms with E-state index in [1.807, 2.05) is 91.8 Å². The summed E-state index contributed by atoms with van der Waals surface area (Å²) in [6.45, 7) is 31.9. The molecule has 3 heterocycles. The summed E-state index contributed by atoms with van der Waals surface area (Å²) in [6, 6.07) is 6.23. The maximum Gasteiger partial charge on any atom is 0.328 e. The third kappa shape index (κ3) is 38.3. The fraction of sp³-hybridized carbons (Fsp3) is 0.702. The van der Waals surface area contributed by atoms with Gasteiger partial charge in [-0.25, -0.2) is 14.4 Å². The van der Waals surface area contributed by atoms with Crippen LogP contribution in [0.4, 0.5) is 4.79 Å². The number of aliphatic carboxylic acids is 1. The Morgan fingerprint density at radius 2 is 0.910 bits per heavy atom. The number of esters is 1. The Morgan fingerprint density at radius 3 is 1.30 bits per heavy atom. The molecule has 0 aromatic heterocycles. The number of benzene rings is 2. The van der Waals surface area contributed by atoms with Gasteiger partial charge in [-0.2, -0.15) is 12.5 Å². The lowest BCUT2D eigenvalue weighted by molar-refractivity contribution is -0.149. The molecule has 2 aromatic rings. The molecule has 0 aliphatic carbocycles. The van der Waals surface area contributed by atoms with Crippen molar-refractivity contribution in [3.8, 4) is 0 Å². The van der Waals surface area contributed by atoms with E-state index in [2.05, 4.69) is 47.9 Å². The van der Waals surface area contributed by atoms with Crippen LogP contribution in [0.1, 0.15) is 219 Å². The Labute approximate surface area is 860 Å². The van der Waals surface area contributed by atoms with E-state index in [1.54, 1.807) is 129 Å². The average Bonchev–Trinajstić information content (AvgIpc) is 1.68. The first kappa shape index (κ1) is 126. The van der Waals surface area contributed by atoms with E-state index < -0.39 is 186 Å². The molecule has 0 unspecified atom stereocenters. The Balaban J connectivity index is 0.000000818. The number of thiol groups is 1. The molecule has 16 amide bonds. The van der Waals surface area contributed by atoms with Crippen LogP contribution in [0.25, 0.3) is 0 Å². The van der Waals surface area contributed by atoms with Gasteiger partial charge < -0.3 is 107 Å². The summed E-state index contributed by atoms with van der Waals surface area (Å²) in [7, 11) is 13.7. The second kappa shape index (κ2) is 64.3. The van der Waals surface area contributed by atoms with Crippen LogP contribution in [0.15, 0.2) is 72.8 Å². The van der Waals surface area contributed by atoms with Crippen molar-refractivity contribution in [3.05, 3.63) is 83.9 Å². The molecule has 2 fully saturated rings. The van der Waals surface area contributed by atoms with Gasteiger partial charge in [0, 0.05) is 107 Å². The standard InChI is InChI=1S/C63H101N11O15.C40H67N5O8.CH4S/c1-15-39(8)54(46(88-13)35-50(78)73-33-23-27-45(73)55(89-14)40(9)56(79)68-44(62(85)86)34-42-24-18-16-19-25-42)72(12)61(84)52(37(4)5)70-59(82)53(38(6)7)71(11)60(83)41(10)66-57(80)43(26-22-31-65-63(64)87)67-58(81)51(36(2)3)69-47(75)28-20-17-21-32-74-48(76)29-30-49(74)77;1-13-26(6)35(44(9)39(49)34(25(4)5)43-38(48)33(41-8)24(2)3)31(51-10)23-32(46)45-21-17-20-30(45)36(52-11)27(7)37(47)42-29(40(50)53-12)22-28-18-15-14-16-19-28;1-2/h16,18-19,24-25,29-30,36-41,43-46,51-55H,15,17,20-23,26-28,31-35H2,1-14H3,(H,66,80)(H,67,81)(H,68,79)(H,69,75)(H,70,82)(H,85,86)(H3,64,65,87);14-16,18-19,24-27,29-31,33-36,41H,13,17,20-23H2,1-12H3,(H,42,47)(H,43,48);2H,1H3/t39-,40+,41+,43-,44-,45-,46+,51-,52-,53-,54-,55+;26-,27+,29-,30-,31+,33-,34-,35-,36+;/m00./s1/i/hD. The first-order valence-electron chi connectivity index (χ1n) is 51.1. The van der Waals surface area contributed by atoms with Gasteiger partial charge in [0.1, 0.15) is 49.5 Å². The number of rotatable bonds is 59. The molecule has 812 valence electrons. The number of amides is 16. The highest BCUT2D eigenvalue weighted by Gasteiger charge is 2.48. The van der Waals surface area contributed by atoms with Crippen LogP contribution in [0, 0.1) is 53.3 Å². The normalized spacial score (nSPS) is 18.1. The van der Waals surface area contributed by atoms with E-state index in [0.29, 0.717) is 58.0 Å². The molecular weight excluding hydrogens is 1870 g/mol. The largest absolute Gasteiger partial charge is 0.480 e. The molecule has 21 atom stereocenters. The average molecular weight is 2050 g/mol. The van der Waals surface area contributed by atoms with Crippen molar-refractivity contribution in [1.29, 1.82) is 1.12 Å². The smallest absolute Gasteiger partial charge is 0.328 e. The van der Waals surface area contributed by atoms with Gasteiger partial charge in [0.2, 0.25) is 70.9 Å². The number of carboxylic acid groups (broad SMARTS) is 1. The van der Waals surface area contributed by atoms with Crippen molar-refractivity contribution in [2.24, 2.45) is 59.0 Å². The Hall–Kier alpha value is -10.7. The highest BCUT2D eigenvalue weighted by Crippen LogP contribution is 2.34. The highest BCUT2D eigenvalue weighted by atomic mass is 32.1. The van der Waals surface area contributed by atoms with Crippen LogP contribution < -0.4 is 53.6 Å². The number of nitrogens with one attached hydrogen (secondary N) is 9. The number of likely N-dealkylation sites (tertiary alicyclic amines) is 2. The number of hydrogen-bond acceptors (Lipinski definition) is 24. The fourth-order valence-electron chi connectivity index (χ4n) is 19.1. The molecule has 40 heteroatoms. The summed E-state index contributed by atoms with van der Waals surface area (Å²) in [5.74, 6) is -11.5. The second-order valence-corrected chi connectivity index (χ2v) is 39.6. The molecule has 0 radical (unpaired) electrons. The predicted octanol–water partition coefficient (Wildman–Crippen LogP) is 6.14. The number of nitrogens with two attached hydrogens (primary N) is 1. The number of carbonyl (C=O) groups is 17. The van der Waals surface area contributed by atoms with Crippen LogP contribution in [0.5, 0.6) is 0 Å². The maximum atomic E-state index is 14.9. The number of likely N-dealkylation sites (N-methyl/N-ethyl adjacent to an activating group) is 4. The minimum absolute atomic E-state index is 0.00596. The molecule has 0 spiro atoms. The Morgan fingerprint density at radius 1 is 0.493 bits per heavy atom. The zero-order valence-corrected chi connectivity index (χ0v) is 91.0. The monoisotopic (exact) mass is 2050 g/mol. The summed E-state index contributed by atoms with van der Waals surface area (Å²) in [6.07, 6.45) is 6.80. The van der Waals surface area contributed by atoms with Crippen molar-refractivity contribution >= 4 is 113 Å². The molecule has 0 bridgehead atoms. The molecule has 5 rings (SSSR count). The summed E-state index contributed by atoms with van der Waals surface area (Å²) >= 11 is 1.000. The van der Waals surface area contributed by atoms with Crippen molar-refractivity contribution in [1.82, 2.24) is 77.3 Å². The van der Waals surface area contributed by atoms with Gasteiger partial charge in [0.05, 0.1) is 86.4 Å². The lowest BCUT2D eigenvalue weighted by Gasteiger charge is -2.41. The van der Waals surface area contributed by atoms with E-state index in [-0.39, 0.29) is 129 Å². The molecule has 144 heavy (non-hydrogen) atoms. The SMILES string of the molecule is CC[C@H](C)[C@@H]([C@@H](CC(=O)N1CCC[C@H]1[C@H](OC)[C@@H](C)C(=O)N[C@@H](Cc1ccccc1)C(=O)O)OC)N(C)C(=O)[C@@H](NC(=O)[C@H](C(C)C)N(C)C(=O)[C@@H](C)NC(=O)[C@H](CCCNC(N)=O)NC(=O)[C@@H](NC(=O)CCCCCN1C(=O)C=CC1=O)C(C)C)C(C)C.CC[C@H](C)[C@@H]([C@@H](CC(=O)N1CCC[C@H]1[C@H](OC)[C@@H](C)C(=O)N[C@@H](Cc1ccccc1)C(=O)OC)OC)N(C)C(=O)[C@@H](NC(=O)[C@@H](NC)C(C)C)C(C)C.[2H]SC. The van der Waals surface area contributed by atoms with Gasteiger partial charge in [-0.3, -0.25) is 72.0 Å². The van der Waals surface area contributed by atoms with E-state index in [4.69, 9.17) is 30.5 Å². The second-order valence-electron chi connectivity index (χ2n) is 39.6. The number of ether oxygens (including phenoxy) is 5.